The van der Waals surface area contributed by atoms with Gasteiger partial charge in [0.2, 0.25) is 10.0 Å². The lowest BCUT2D eigenvalue weighted by molar-refractivity contribution is 0.117. The van der Waals surface area contributed by atoms with Crippen molar-refractivity contribution in [1.82, 2.24) is 4.31 Å². The molecule has 0 atom stereocenters. The molecule has 1 saturated heterocycles. The van der Waals surface area contributed by atoms with E-state index in [4.69, 9.17) is 10.8 Å². The van der Waals surface area contributed by atoms with E-state index in [2.05, 4.69) is 0 Å². The van der Waals surface area contributed by atoms with E-state index in [-0.39, 0.29) is 41.8 Å². The average molecular weight is 274 g/mol. The van der Waals surface area contributed by atoms with Crippen LogP contribution < -0.4 is 5.73 Å². The van der Waals surface area contributed by atoms with Crippen LogP contribution in [0.3, 0.4) is 0 Å². The molecule has 18 heavy (non-hydrogen) atoms. The van der Waals surface area contributed by atoms with E-state index < -0.39 is 15.8 Å². The second kappa shape index (κ2) is 4.49. The number of aliphatic hydroxyl groups is 1. The Morgan fingerprint density at radius 2 is 2.11 bits per heavy atom. The van der Waals surface area contributed by atoms with Crippen molar-refractivity contribution in [3.8, 4) is 0 Å². The first-order valence-electron chi connectivity index (χ1n) is 5.53. The van der Waals surface area contributed by atoms with Crippen molar-refractivity contribution in [2.75, 3.05) is 25.4 Å². The maximum atomic E-state index is 13.5. The third kappa shape index (κ3) is 2.09. The summed E-state index contributed by atoms with van der Waals surface area (Å²) in [4.78, 5) is -0.139. The number of nitrogens with two attached hydrogens (primary N) is 1. The first kappa shape index (κ1) is 13.3. The van der Waals surface area contributed by atoms with Gasteiger partial charge in [0, 0.05) is 36.9 Å². The lowest BCUT2D eigenvalue weighted by atomic mass is 10.1. The number of aliphatic hydroxyl groups excluding tert-OH is 1. The first-order chi connectivity index (χ1) is 8.36. The molecule has 0 bridgehead atoms. The fraction of sp³-hybridized carbons (Fsp3) is 0.455. The van der Waals surface area contributed by atoms with Gasteiger partial charge in [-0.05, 0) is 19.1 Å². The van der Waals surface area contributed by atoms with Crippen molar-refractivity contribution >= 4 is 15.7 Å². The molecule has 1 aliphatic rings. The Morgan fingerprint density at radius 1 is 1.50 bits per heavy atom. The highest BCUT2D eigenvalue weighted by Gasteiger charge is 2.36. The van der Waals surface area contributed by atoms with Crippen LogP contribution in [0.25, 0.3) is 0 Å². The minimum absolute atomic E-state index is 0.0348. The van der Waals surface area contributed by atoms with Gasteiger partial charge in [-0.25, -0.2) is 12.8 Å². The smallest absolute Gasteiger partial charge is 0.243 e. The number of anilines is 1. The summed E-state index contributed by atoms with van der Waals surface area (Å²) >= 11 is 0. The van der Waals surface area contributed by atoms with Crippen molar-refractivity contribution in [3.63, 3.8) is 0 Å². The number of sulfonamides is 1. The summed E-state index contributed by atoms with van der Waals surface area (Å²) in [6.45, 7) is 1.96. The summed E-state index contributed by atoms with van der Waals surface area (Å²) in [5, 5.41) is 8.86. The zero-order chi connectivity index (χ0) is 13.5. The van der Waals surface area contributed by atoms with Gasteiger partial charge in [0.05, 0.1) is 4.90 Å². The molecule has 0 saturated carbocycles. The molecular formula is C11H15FN2O3S. The highest BCUT2D eigenvalue weighted by Crippen LogP contribution is 2.28. The molecule has 0 spiro atoms. The van der Waals surface area contributed by atoms with Gasteiger partial charge in [0.15, 0.2) is 0 Å². The van der Waals surface area contributed by atoms with Gasteiger partial charge in [-0.3, -0.25) is 0 Å². The zero-order valence-electron chi connectivity index (χ0n) is 9.93. The number of halogens is 1. The topological polar surface area (TPSA) is 83.6 Å². The third-order valence-corrected chi connectivity index (χ3v) is 4.99. The van der Waals surface area contributed by atoms with Crippen LogP contribution in [-0.2, 0) is 10.0 Å². The molecule has 7 heteroatoms. The van der Waals surface area contributed by atoms with Gasteiger partial charge in [-0.1, -0.05) is 0 Å². The van der Waals surface area contributed by atoms with Crippen LogP contribution in [0.2, 0.25) is 0 Å². The summed E-state index contributed by atoms with van der Waals surface area (Å²) in [7, 11) is -3.70. The van der Waals surface area contributed by atoms with E-state index in [1.807, 2.05) is 0 Å². The van der Waals surface area contributed by atoms with E-state index >= 15 is 0 Å². The maximum absolute atomic E-state index is 13.5. The lowest BCUT2D eigenvalue weighted by Gasteiger charge is -2.36. The van der Waals surface area contributed by atoms with Gasteiger partial charge in [-0.2, -0.15) is 4.31 Å². The van der Waals surface area contributed by atoms with Crippen LogP contribution in [0.4, 0.5) is 10.1 Å². The molecule has 0 aromatic heterocycles. The Bertz CT molecular complexity index is 545. The van der Waals surface area contributed by atoms with E-state index in [1.165, 1.54) is 17.3 Å². The standard InChI is InChI=1S/C11H15FN2O3S/c1-7-10(12)2-9(3-11(7)13)18(16,17)14-4-8(5-14)6-15/h2-3,8,15H,4-6,13H2,1H3. The second-order valence-electron chi connectivity index (χ2n) is 4.49. The van der Waals surface area contributed by atoms with Crippen LogP contribution in [0.15, 0.2) is 17.0 Å². The largest absolute Gasteiger partial charge is 0.398 e. The van der Waals surface area contributed by atoms with E-state index in [1.54, 1.807) is 0 Å². The van der Waals surface area contributed by atoms with Crippen molar-refractivity contribution in [2.45, 2.75) is 11.8 Å². The Kier molecular flexibility index (Phi) is 3.31. The molecule has 2 rings (SSSR count). The molecular weight excluding hydrogens is 259 g/mol. The van der Waals surface area contributed by atoms with Gasteiger partial charge in [0.25, 0.3) is 0 Å². The van der Waals surface area contributed by atoms with E-state index in [9.17, 15) is 12.8 Å². The summed E-state index contributed by atoms with van der Waals surface area (Å²) in [6, 6.07) is 2.24. The van der Waals surface area contributed by atoms with Gasteiger partial charge < -0.3 is 10.8 Å². The Balaban J connectivity index is 2.32. The second-order valence-corrected chi connectivity index (χ2v) is 6.43. The van der Waals surface area contributed by atoms with Gasteiger partial charge in [0.1, 0.15) is 5.82 Å². The fourth-order valence-electron chi connectivity index (χ4n) is 1.81. The van der Waals surface area contributed by atoms with Crippen molar-refractivity contribution in [3.05, 3.63) is 23.5 Å². The molecule has 1 fully saturated rings. The maximum Gasteiger partial charge on any atom is 0.243 e. The Morgan fingerprint density at radius 3 is 2.61 bits per heavy atom. The van der Waals surface area contributed by atoms with Gasteiger partial charge in [-0.15, -0.1) is 0 Å². The summed E-state index contributed by atoms with van der Waals surface area (Å²) in [5.74, 6) is -0.666. The van der Waals surface area contributed by atoms with Gasteiger partial charge >= 0.3 is 0 Å². The molecule has 3 N–H and O–H groups in total. The minimum Gasteiger partial charge on any atom is -0.398 e. The Hall–Kier alpha value is -1.18. The highest BCUT2D eigenvalue weighted by atomic mass is 32.2. The zero-order valence-corrected chi connectivity index (χ0v) is 10.7. The molecule has 1 heterocycles. The molecule has 1 aromatic carbocycles. The van der Waals surface area contributed by atoms with Crippen molar-refractivity contribution in [1.29, 1.82) is 0 Å². The number of rotatable bonds is 3. The van der Waals surface area contributed by atoms with Crippen LogP contribution in [0.1, 0.15) is 5.56 Å². The molecule has 1 aliphatic heterocycles. The van der Waals surface area contributed by atoms with Crippen molar-refractivity contribution in [2.24, 2.45) is 5.92 Å². The summed E-state index contributed by atoms with van der Waals surface area (Å²) in [5.41, 5.74) is 5.93. The average Bonchev–Trinajstić information content (AvgIpc) is 2.23. The normalized spacial score (nSPS) is 17.7. The third-order valence-electron chi connectivity index (χ3n) is 3.18. The Labute approximate surface area is 105 Å². The lowest BCUT2D eigenvalue weighted by Crippen LogP contribution is -2.51. The van der Waals surface area contributed by atoms with Crippen LogP contribution in [-0.4, -0.2) is 37.5 Å². The number of nitrogen functional groups attached to an aromatic ring is 1. The number of benzene rings is 1. The van der Waals surface area contributed by atoms with Crippen LogP contribution in [0.5, 0.6) is 0 Å². The summed E-state index contributed by atoms with van der Waals surface area (Å²) < 4.78 is 38.9. The van der Waals surface area contributed by atoms with Crippen molar-refractivity contribution < 1.29 is 17.9 Å². The first-order valence-corrected chi connectivity index (χ1v) is 6.97. The minimum atomic E-state index is -3.70. The predicted molar refractivity (Wildman–Crippen MR) is 64.9 cm³/mol. The van der Waals surface area contributed by atoms with E-state index in [0.29, 0.717) is 0 Å². The van der Waals surface area contributed by atoms with Crippen LogP contribution in [0, 0.1) is 18.7 Å². The number of nitrogens with zero attached hydrogens (tertiary/aromatic N) is 1. The molecule has 100 valence electrons. The fourth-order valence-corrected chi connectivity index (χ4v) is 3.45. The molecule has 0 aliphatic carbocycles. The monoisotopic (exact) mass is 274 g/mol. The predicted octanol–water partition coefficient (Wildman–Crippen LogP) is 0.329. The van der Waals surface area contributed by atoms with E-state index in [0.717, 1.165) is 6.07 Å². The SMILES string of the molecule is Cc1c(N)cc(S(=O)(=O)N2CC(CO)C2)cc1F. The molecule has 1 aromatic rings. The molecule has 5 nitrogen and oxygen atoms in total. The highest BCUT2D eigenvalue weighted by molar-refractivity contribution is 7.89. The molecule has 0 amide bonds. The molecule has 0 unspecified atom stereocenters. The number of hydrogen-bond acceptors (Lipinski definition) is 4. The molecule has 0 radical (unpaired) electrons. The summed E-state index contributed by atoms with van der Waals surface area (Å²) in [6.07, 6.45) is 0. The van der Waals surface area contributed by atoms with Crippen LogP contribution >= 0.6 is 0 Å². The quantitative estimate of drug-likeness (QED) is 0.778. The number of hydrogen-bond donors (Lipinski definition) is 2.